The van der Waals surface area contributed by atoms with Gasteiger partial charge in [-0.3, -0.25) is 5.10 Å². The van der Waals surface area contributed by atoms with Crippen molar-refractivity contribution in [3.05, 3.63) is 17.0 Å². The molecule has 7 nitrogen and oxygen atoms in total. The molecule has 1 aromatic rings. The monoisotopic (exact) mass is 337 g/mol. The zero-order valence-electron chi connectivity index (χ0n) is 15.1. The van der Waals surface area contributed by atoms with Crippen LogP contribution in [0, 0.1) is 13.8 Å². The molecule has 0 atom stereocenters. The Bertz CT molecular complexity index is 504. The molecule has 0 radical (unpaired) electrons. The van der Waals surface area contributed by atoms with Crippen molar-refractivity contribution < 1.29 is 9.90 Å². The van der Waals surface area contributed by atoms with E-state index in [0.717, 1.165) is 56.7 Å². The number of likely N-dealkylation sites (N-methyl/N-ethyl adjacent to an activating group) is 1. The highest BCUT2D eigenvalue weighted by Crippen LogP contribution is 2.11. The van der Waals surface area contributed by atoms with Crippen molar-refractivity contribution in [2.45, 2.75) is 45.6 Å². The molecule has 0 spiro atoms. The molecule has 2 rings (SSSR count). The van der Waals surface area contributed by atoms with Crippen LogP contribution in [0.4, 0.5) is 4.79 Å². The van der Waals surface area contributed by atoms with Gasteiger partial charge in [-0.1, -0.05) is 0 Å². The summed E-state index contributed by atoms with van der Waals surface area (Å²) in [5.41, 5.74) is 3.28. The maximum atomic E-state index is 12.1. The Morgan fingerprint density at radius 2 is 2.12 bits per heavy atom. The van der Waals surface area contributed by atoms with Crippen molar-refractivity contribution in [1.82, 2.24) is 25.3 Å². The van der Waals surface area contributed by atoms with Crippen molar-refractivity contribution in [3.8, 4) is 0 Å². The van der Waals surface area contributed by atoms with Crippen LogP contribution in [0.25, 0.3) is 0 Å². The van der Waals surface area contributed by atoms with Crippen LogP contribution in [0.5, 0.6) is 0 Å². The Morgan fingerprint density at radius 1 is 1.42 bits per heavy atom. The highest BCUT2D eigenvalue weighted by Gasteiger charge is 2.16. The minimum atomic E-state index is -0.128. The van der Waals surface area contributed by atoms with E-state index in [1.165, 1.54) is 5.56 Å². The lowest BCUT2D eigenvalue weighted by Gasteiger charge is -2.29. The fraction of sp³-hybridized carbons (Fsp3) is 0.765. The SMILES string of the molecule is Cc1n[nH]c(C)c1CCN(C)C(=O)NCCCN1CCC(O)CC1. The summed E-state index contributed by atoms with van der Waals surface area (Å²) in [6.45, 7) is 8.25. The summed E-state index contributed by atoms with van der Waals surface area (Å²) < 4.78 is 0. The smallest absolute Gasteiger partial charge is 0.317 e. The molecule has 2 amide bonds. The maximum absolute atomic E-state index is 12.1. The average molecular weight is 337 g/mol. The molecule has 0 bridgehead atoms. The lowest BCUT2D eigenvalue weighted by Crippen LogP contribution is -2.40. The number of nitrogens with one attached hydrogen (secondary N) is 2. The second-order valence-electron chi connectivity index (χ2n) is 6.74. The Kier molecular flexibility index (Phi) is 7.05. The van der Waals surface area contributed by atoms with Gasteiger partial charge in [0.05, 0.1) is 11.8 Å². The van der Waals surface area contributed by atoms with Gasteiger partial charge >= 0.3 is 6.03 Å². The Labute approximate surface area is 144 Å². The predicted octanol–water partition coefficient (Wildman–Crippen LogP) is 1.06. The minimum absolute atomic E-state index is 0.0251. The number of aryl methyl sites for hydroxylation is 2. The van der Waals surface area contributed by atoms with Crippen LogP contribution in [-0.2, 0) is 6.42 Å². The molecule has 1 aromatic heterocycles. The Hall–Kier alpha value is -1.60. The minimum Gasteiger partial charge on any atom is -0.393 e. The van der Waals surface area contributed by atoms with Crippen LogP contribution in [0.3, 0.4) is 0 Å². The highest BCUT2D eigenvalue weighted by molar-refractivity contribution is 5.73. The zero-order valence-corrected chi connectivity index (χ0v) is 15.1. The molecular formula is C17H31N5O2. The van der Waals surface area contributed by atoms with Gasteiger partial charge < -0.3 is 20.2 Å². The third-order valence-electron chi connectivity index (χ3n) is 4.81. The van der Waals surface area contributed by atoms with E-state index in [9.17, 15) is 9.90 Å². The standard InChI is InChI=1S/C17H31N5O2/c1-13-16(14(2)20-19-13)7-10-21(3)17(24)18-8-4-9-22-11-5-15(23)6-12-22/h15,23H,4-12H2,1-3H3,(H,18,24)(H,19,20). The van der Waals surface area contributed by atoms with E-state index in [2.05, 4.69) is 20.4 Å². The summed E-state index contributed by atoms with van der Waals surface area (Å²) in [6, 6.07) is -0.0251. The van der Waals surface area contributed by atoms with E-state index in [4.69, 9.17) is 0 Å². The van der Waals surface area contributed by atoms with Gasteiger partial charge in [0.2, 0.25) is 0 Å². The third-order valence-corrected chi connectivity index (χ3v) is 4.81. The number of aromatic amines is 1. The quantitative estimate of drug-likeness (QED) is 0.650. The Balaban J connectivity index is 1.60. The molecule has 1 aliphatic heterocycles. The molecule has 0 aliphatic carbocycles. The van der Waals surface area contributed by atoms with Gasteiger partial charge in [0.15, 0.2) is 0 Å². The number of aromatic nitrogens is 2. The first kappa shape index (κ1) is 18.7. The van der Waals surface area contributed by atoms with Crippen LogP contribution in [0.15, 0.2) is 0 Å². The Morgan fingerprint density at radius 3 is 2.75 bits per heavy atom. The van der Waals surface area contributed by atoms with Gasteiger partial charge in [-0.2, -0.15) is 5.10 Å². The zero-order chi connectivity index (χ0) is 17.5. The van der Waals surface area contributed by atoms with E-state index in [0.29, 0.717) is 13.1 Å². The number of nitrogens with zero attached hydrogens (tertiary/aromatic N) is 3. The second kappa shape index (κ2) is 9.03. The number of carbonyl (C=O) groups is 1. The summed E-state index contributed by atoms with van der Waals surface area (Å²) >= 11 is 0. The first-order chi connectivity index (χ1) is 11.5. The average Bonchev–Trinajstić information content (AvgIpc) is 2.89. The number of urea groups is 1. The molecule has 1 fully saturated rings. The van der Waals surface area contributed by atoms with E-state index >= 15 is 0 Å². The number of aliphatic hydroxyl groups excluding tert-OH is 1. The normalized spacial score (nSPS) is 16.3. The number of amides is 2. The number of hydrogen-bond acceptors (Lipinski definition) is 4. The number of likely N-dealkylation sites (tertiary alicyclic amines) is 1. The molecule has 7 heteroatoms. The molecule has 136 valence electrons. The largest absolute Gasteiger partial charge is 0.393 e. The van der Waals surface area contributed by atoms with Crippen molar-refractivity contribution in [2.24, 2.45) is 0 Å². The molecule has 0 aromatic carbocycles. The van der Waals surface area contributed by atoms with E-state index in [-0.39, 0.29) is 12.1 Å². The van der Waals surface area contributed by atoms with Gasteiger partial charge in [0.1, 0.15) is 0 Å². The highest BCUT2D eigenvalue weighted by atomic mass is 16.3. The second-order valence-corrected chi connectivity index (χ2v) is 6.74. The van der Waals surface area contributed by atoms with Crippen LogP contribution in [-0.4, -0.2) is 77.0 Å². The fourth-order valence-corrected chi connectivity index (χ4v) is 3.10. The van der Waals surface area contributed by atoms with Crippen molar-refractivity contribution >= 4 is 6.03 Å². The summed E-state index contributed by atoms with van der Waals surface area (Å²) in [7, 11) is 1.83. The number of aliphatic hydroxyl groups is 1. The fourth-order valence-electron chi connectivity index (χ4n) is 3.10. The van der Waals surface area contributed by atoms with E-state index < -0.39 is 0 Å². The molecule has 3 N–H and O–H groups in total. The van der Waals surface area contributed by atoms with Crippen LogP contribution < -0.4 is 5.32 Å². The van der Waals surface area contributed by atoms with Gasteiger partial charge in [-0.25, -0.2) is 4.79 Å². The van der Waals surface area contributed by atoms with Gasteiger partial charge in [-0.05, 0) is 51.6 Å². The van der Waals surface area contributed by atoms with Crippen molar-refractivity contribution in [1.29, 1.82) is 0 Å². The topological polar surface area (TPSA) is 84.5 Å². The van der Waals surface area contributed by atoms with Crippen LogP contribution >= 0.6 is 0 Å². The number of H-pyrrole nitrogens is 1. The molecule has 0 unspecified atom stereocenters. The van der Waals surface area contributed by atoms with Crippen LogP contribution in [0.2, 0.25) is 0 Å². The van der Waals surface area contributed by atoms with Gasteiger partial charge in [0, 0.05) is 38.9 Å². The lowest BCUT2D eigenvalue weighted by molar-refractivity contribution is 0.0821. The summed E-state index contributed by atoms with van der Waals surface area (Å²) in [4.78, 5) is 16.2. The first-order valence-corrected chi connectivity index (χ1v) is 8.87. The first-order valence-electron chi connectivity index (χ1n) is 8.87. The molecule has 1 saturated heterocycles. The predicted molar refractivity (Wildman–Crippen MR) is 94.1 cm³/mol. The molecule has 24 heavy (non-hydrogen) atoms. The van der Waals surface area contributed by atoms with E-state index in [1.807, 2.05) is 20.9 Å². The molecular weight excluding hydrogens is 306 g/mol. The molecule has 1 aliphatic rings. The van der Waals surface area contributed by atoms with Crippen LogP contribution in [0.1, 0.15) is 36.2 Å². The number of piperidine rings is 1. The van der Waals surface area contributed by atoms with E-state index in [1.54, 1.807) is 4.90 Å². The third kappa shape index (κ3) is 5.49. The van der Waals surface area contributed by atoms with Gasteiger partial charge in [0.25, 0.3) is 0 Å². The number of rotatable bonds is 7. The maximum Gasteiger partial charge on any atom is 0.317 e. The van der Waals surface area contributed by atoms with Crippen molar-refractivity contribution in [2.75, 3.05) is 39.8 Å². The number of hydrogen-bond donors (Lipinski definition) is 3. The lowest BCUT2D eigenvalue weighted by atomic mass is 10.1. The summed E-state index contributed by atoms with van der Waals surface area (Å²) in [6.07, 6.45) is 3.35. The number of carbonyl (C=O) groups excluding carboxylic acids is 1. The molecule has 2 heterocycles. The van der Waals surface area contributed by atoms with Crippen molar-refractivity contribution in [3.63, 3.8) is 0 Å². The molecule has 0 saturated carbocycles. The summed E-state index contributed by atoms with van der Waals surface area (Å²) in [5.74, 6) is 0. The summed E-state index contributed by atoms with van der Waals surface area (Å²) in [5, 5.41) is 19.6. The van der Waals surface area contributed by atoms with Gasteiger partial charge in [-0.15, -0.1) is 0 Å².